The van der Waals surface area contributed by atoms with Crippen molar-refractivity contribution in [1.29, 1.82) is 0 Å². The lowest BCUT2D eigenvalue weighted by molar-refractivity contribution is 0.0310. The number of likely N-dealkylation sites (tertiary alicyclic amines) is 1. The van der Waals surface area contributed by atoms with Gasteiger partial charge in [-0.05, 0) is 38.1 Å². The van der Waals surface area contributed by atoms with Crippen molar-refractivity contribution in [2.45, 2.75) is 31.5 Å². The highest BCUT2D eigenvalue weighted by molar-refractivity contribution is 6.35. The first kappa shape index (κ1) is 18.0. The summed E-state index contributed by atoms with van der Waals surface area (Å²) < 4.78 is 4.96. The van der Waals surface area contributed by atoms with E-state index in [2.05, 4.69) is 10.2 Å². The van der Waals surface area contributed by atoms with E-state index in [1.165, 1.54) is 0 Å². The molecule has 1 aromatic carbocycles. The van der Waals surface area contributed by atoms with Gasteiger partial charge in [-0.2, -0.15) is 0 Å². The van der Waals surface area contributed by atoms with E-state index in [4.69, 9.17) is 27.9 Å². The van der Waals surface area contributed by atoms with Crippen LogP contribution in [0.15, 0.2) is 18.2 Å². The zero-order valence-corrected chi connectivity index (χ0v) is 14.4. The molecule has 1 aliphatic heterocycles. The maximum absolute atomic E-state index is 9.77. The van der Waals surface area contributed by atoms with Gasteiger partial charge < -0.3 is 20.1 Å². The first-order valence-electron chi connectivity index (χ1n) is 7.65. The predicted octanol–water partition coefficient (Wildman–Crippen LogP) is 2.55. The number of aliphatic hydroxyl groups is 1. The summed E-state index contributed by atoms with van der Waals surface area (Å²) in [7, 11) is 1.61. The standard InChI is InChI=1S/C16H24Cl2N2O2/c1-22-11-13(21)10-20-7-5-12(6-8-20)19-9-14-15(17)3-2-4-16(14)18/h2-4,12-13,19,21H,5-11H2,1H3. The van der Waals surface area contributed by atoms with E-state index < -0.39 is 6.10 Å². The van der Waals surface area contributed by atoms with E-state index in [0.29, 0.717) is 35.8 Å². The molecule has 6 heteroatoms. The van der Waals surface area contributed by atoms with Gasteiger partial charge in [0, 0.05) is 41.8 Å². The van der Waals surface area contributed by atoms with Crippen LogP contribution < -0.4 is 5.32 Å². The number of hydrogen-bond donors (Lipinski definition) is 2. The number of methoxy groups -OCH3 is 1. The van der Waals surface area contributed by atoms with Gasteiger partial charge in [0.1, 0.15) is 0 Å². The van der Waals surface area contributed by atoms with E-state index >= 15 is 0 Å². The molecule has 2 rings (SSSR count). The Kier molecular flexibility index (Phi) is 7.41. The first-order chi connectivity index (χ1) is 10.6. The van der Waals surface area contributed by atoms with Crippen molar-refractivity contribution in [1.82, 2.24) is 10.2 Å². The summed E-state index contributed by atoms with van der Waals surface area (Å²) in [6.07, 6.45) is 1.71. The van der Waals surface area contributed by atoms with Crippen molar-refractivity contribution < 1.29 is 9.84 Å². The topological polar surface area (TPSA) is 44.7 Å². The Hall–Kier alpha value is -0.360. The Bertz CT molecular complexity index is 445. The van der Waals surface area contributed by atoms with Gasteiger partial charge in [-0.1, -0.05) is 29.3 Å². The molecule has 1 atom stereocenters. The molecule has 0 saturated carbocycles. The van der Waals surface area contributed by atoms with E-state index in [0.717, 1.165) is 31.5 Å². The fourth-order valence-electron chi connectivity index (χ4n) is 2.81. The zero-order valence-electron chi connectivity index (χ0n) is 12.9. The molecule has 22 heavy (non-hydrogen) atoms. The molecule has 0 bridgehead atoms. The fourth-order valence-corrected chi connectivity index (χ4v) is 3.34. The lowest BCUT2D eigenvalue weighted by atomic mass is 10.0. The van der Waals surface area contributed by atoms with Crippen LogP contribution in [-0.2, 0) is 11.3 Å². The number of aliphatic hydroxyl groups excluding tert-OH is 1. The summed E-state index contributed by atoms with van der Waals surface area (Å²) in [6.45, 7) is 3.72. The Labute approximate surface area is 142 Å². The smallest absolute Gasteiger partial charge is 0.0900 e. The molecule has 1 fully saturated rings. The molecule has 1 saturated heterocycles. The highest BCUT2D eigenvalue weighted by Gasteiger charge is 2.21. The van der Waals surface area contributed by atoms with Crippen LogP contribution >= 0.6 is 23.2 Å². The Morgan fingerprint density at radius 3 is 2.55 bits per heavy atom. The van der Waals surface area contributed by atoms with Gasteiger partial charge in [0.15, 0.2) is 0 Å². The second-order valence-electron chi connectivity index (χ2n) is 5.77. The van der Waals surface area contributed by atoms with Gasteiger partial charge >= 0.3 is 0 Å². The van der Waals surface area contributed by atoms with E-state index in [1.807, 2.05) is 18.2 Å². The van der Waals surface area contributed by atoms with Crippen molar-refractivity contribution in [2.75, 3.05) is 33.4 Å². The Morgan fingerprint density at radius 2 is 1.95 bits per heavy atom. The van der Waals surface area contributed by atoms with Crippen LogP contribution in [0.1, 0.15) is 18.4 Å². The van der Waals surface area contributed by atoms with E-state index in [9.17, 15) is 5.11 Å². The van der Waals surface area contributed by atoms with Crippen LogP contribution in [0.5, 0.6) is 0 Å². The monoisotopic (exact) mass is 346 g/mol. The summed E-state index contributed by atoms with van der Waals surface area (Å²) in [5.41, 5.74) is 0.962. The predicted molar refractivity (Wildman–Crippen MR) is 90.6 cm³/mol. The van der Waals surface area contributed by atoms with Crippen LogP contribution in [0, 0.1) is 0 Å². The SMILES string of the molecule is COCC(O)CN1CCC(NCc2c(Cl)cccc2Cl)CC1. The minimum absolute atomic E-state index is 0.392. The third-order valence-corrected chi connectivity index (χ3v) is 4.75. The molecule has 1 aliphatic rings. The largest absolute Gasteiger partial charge is 0.389 e. The third kappa shape index (κ3) is 5.37. The number of β-amino-alcohol motifs (C(OH)–C–C–N with tert-alkyl or cyclic N) is 1. The van der Waals surface area contributed by atoms with Crippen LogP contribution in [0.2, 0.25) is 10.0 Å². The molecular formula is C16H24Cl2N2O2. The van der Waals surface area contributed by atoms with Gasteiger partial charge in [-0.25, -0.2) is 0 Å². The highest BCUT2D eigenvalue weighted by atomic mass is 35.5. The Morgan fingerprint density at radius 1 is 1.32 bits per heavy atom. The summed E-state index contributed by atoms with van der Waals surface area (Å²) in [6, 6.07) is 6.05. The van der Waals surface area contributed by atoms with Crippen LogP contribution in [0.3, 0.4) is 0 Å². The highest BCUT2D eigenvalue weighted by Crippen LogP contribution is 2.24. The molecule has 4 nitrogen and oxygen atoms in total. The molecule has 2 N–H and O–H groups in total. The van der Waals surface area contributed by atoms with Crippen LogP contribution in [0.25, 0.3) is 0 Å². The molecule has 0 radical (unpaired) electrons. The number of hydrogen-bond acceptors (Lipinski definition) is 4. The number of rotatable bonds is 7. The lowest BCUT2D eigenvalue weighted by Gasteiger charge is -2.33. The van der Waals surface area contributed by atoms with Gasteiger partial charge in [-0.15, -0.1) is 0 Å². The average Bonchev–Trinajstić information content (AvgIpc) is 2.48. The number of ether oxygens (including phenoxy) is 1. The molecule has 1 heterocycles. The van der Waals surface area contributed by atoms with Crippen molar-refractivity contribution >= 4 is 23.2 Å². The second-order valence-corrected chi connectivity index (χ2v) is 6.58. The zero-order chi connectivity index (χ0) is 15.9. The molecule has 0 aliphatic carbocycles. The molecule has 124 valence electrons. The van der Waals surface area contributed by atoms with Crippen molar-refractivity contribution in [3.8, 4) is 0 Å². The van der Waals surface area contributed by atoms with E-state index in [-0.39, 0.29) is 0 Å². The second kappa shape index (κ2) is 9.06. The van der Waals surface area contributed by atoms with Crippen molar-refractivity contribution in [2.24, 2.45) is 0 Å². The molecule has 1 unspecified atom stereocenters. The summed E-state index contributed by atoms with van der Waals surface area (Å²) in [5.74, 6) is 0. The Balaban J connectivity index is 1.74. The minimum atomic E-state index is -0.406. The third-order valence-electron chi connectivity index (χ3n) is 4.04. The summed E-state index contributed by atoms with van der Waals surface area (Å²) in [5, 5.41) is 14.7. The molecular weight excluding hydrogens is 323 g/mol. The summed E-state index contributed by atoms with van der Waals surface area (Å²) in [4.78, 5) is 2.28. The maximum Gasteiger partial charge on any atom is 0.0900 e. The number of benzene rings is 1. The van der Waals surface area contributed by atoms with Crippen molar-refractivity contribution in [3.05, 3.63) is 33.8 Å². The van der Waals surface area contributed by atoms with Gasteiger partial charge in [0.2, 0.25) is 0 Å². The minimum Gasteiger partial charge on any atom is -0.389 e. The maximum atomic E-state index is 9.77. The average molecular weight is 347 g/mol. The summed E-state index contributed by atoms with van der Waals surface area (Å²) >= 11 is 12.4. The fraction of sp³-hybridized carbons (Fsp3) is 0.625. The van der Waals surface area contributed by atoms with Crippen LogP contribution in [-0.4, -0.2) is 55.5 Å². The first-order valence-corrected chi connectivity index (χ1v) is 8.41. The number of halogens is 2. The number of nitrogens with zero attached hydrogens (tertiary/aromatic N) is 1. The number of nitrogens with one attached hydrogen (secondary N) is 1. The molecule has 0 aromatic heterocycles. The lowest BCUT2D eigenvalue weighted by Crippen LogP contribution is -2.45. The van der Waals surface area contributed by atoms with E-state index in [1.54, 1.807) is 7.11 Å². The molecule has 1 aromatic rings. The van der Waals surface area contributed by atoms with Gasteiger partial charge in [0.25, 0.3) is 0 Å². The molecule has 0 amide bonds. The quantitative estimate of drug-likeness (QED) is 0.796. The normalized spacial score (nSPS) is 18.5. The number of piperidine rings is 1. The van der Waals surface area contributed by atoms with Gasteiger partial charge in [-0.3, -0.25) is 0 Å². The van der Waals surface area contributed by atoms with Crippen LogP contribution in [0.4, 0.5) is 0 Å². The van der Waals surface area contributed by atoms with Crippen molar-refractivity contribution in [3.63, 3.8) is 0 Å². The molecule has 0 spiro atoms. The van der Waals surface area contributed by atoms with Gasteiger partial charge in [0.05, 0.1) is 12.7 Å².